The fourth-order valence-electron chi connectivity index (χ4n) is 1.18. The Morgan fingerprint density at radius 1 is 1.29 bits per heavy atom. The van der Waals surface area contributed by atoms with Crippen LogP contribution in [0.15, 0.2) is 46.9 Å². The van der Waals surface area contributed by atoms with Crippen molar-refractivity contribution < 1.29 is 4.79 Å². The second-order valence-corrected chi connectivity index (χ2v) is 5.42. The first-order chi connectivity index (χ1) is 8.25. The van der Waals surface area contributed by atoms with E-state index in [0.717, 1.165) is 5.56 Å². The molecule has 17 heavy (non-hydrogen) atoms. The van der Waals surface area contributed by atoms with Gasteiger partial charge >= 0.3 is 0 Å². The third kappa shape index (κ3) is 3.64. The molecule has 0 aliphatic heterocycles. The molecule has 1 aromatic carbocycles. The van der Waals surface area contributed by atoms with Crippen LogP contribution in [0.5, 0.6) is 0 Å². The maximum absolute atomic E-state index is 11.5. The Balaban J connectivity index is 1.94. The van der Waals surface area contributed by atoms with Crippen LogP contribution in [0.25, 0.3) is 0 Å². The van der Waals surface area contributed by atoms with Gasteiger partial charge in [-0.1, -0.05) is 18.2 Å². The SMILES string of the molecule is O=C(N/N=C\c1ccc(I)cc1)c1cccs1. The minimum atomic E-state index is -0.179. The van der Waals surface area contributed by atoms with Crippen molar-refractivity contribution in [1.82, 2.24) is 5.43 Å². The lowest BCUT2D eigenvalue weighted by Crippen LogP contribution is -2.16. The van der Waals surface area contributed by atoms with Gasteiger partial charge in [0.15, 0.2) is 0 Å². The first-order valence-electron chi connectivity index (χ1n) is 4.88. The topological polar surface area (TPSA) is 41.5 Å². The molecule has 0 spiro atoms. The summed E-state index contributed by atoms with van der Waals surface area (Å²) < 4.78 is 1.17. The second-order valence-electron chi connectivity index (χ2n) is 3.23. The fourth-order valence-corrected chi connectivity index (χ4v) is 2.15. The van der Waals surface area contributed by atoms with E-state index in [9.17, 15) is 4.79 Å². The summed E-state index contributed by atoms with van der Waals surface area (Å²) >= 11 is 3.63. The summed E-state index contributed by atoms with van der Waals surface area (Å²) in [7, 11) is 0. The molecular formula is C12H9IN2OS. The zero-order valence-corrected chi connectivity index (χ0v) is 11.7. The molecule has 0 aliphatic rings. The number of carbonyl (C=O) groups excluding carboxylic acids is 1. The Bertz CT molecular complexity index is 520. The van der Waals surface area contributed by atoms with Crippen molar-refractivity contribution in [3.63, 3.8) is 0 Å². The van der Waals surface area contributed by atoms with Crippen LogP contribution >= 0.6 is 33.9 Å². The largest absolute Gasteiger partial charge is 0.281 e. The van der Waals surface area contributed by atoms with Crippen molar-refractivity contribution in [2.45, 2.75) is 0 Å². The molecule has 0 aliphatic carbocycles. The number of halogens is 1. The van der Waals surface area contributed by atoms with Gasteiger partial charge in [0.2, 0.25) is 0 Å². The number of hydrogen-bond donors (Lipinski definition) is 1. The highest BCUT2D eigenvalue weighted by Gasteiger charge is 2.03. The third-order valence-corrected chi connectivity index (χ3v) is 3.58. The zero-order chi connectivity index (χ0) is 12.1. The van der Waals surface area contributed by atoms with Crippen molar-refractivity contribution in [2.24, 2.45) is 5.10 Å². The fraction of sp³-hybridized carbons (Fsp3) is 0. The van der Waals surface area contributed by atoms with Gasteiger partial charge in [-0.2, -0.15) is 5.10 Å². The summed E-state index contributed by atoms with van der Waals surface area (Å²) in [4.78, 5) is 12.2. The molecule has 0 fully saturated rings. The second kappa shape index (κ2) is 5.92. The average molecular weight is 356 g/mol. The molecule has 0 bridgehead atoms. The summed E-state index contributed by atoms with van der Waals surface area (Å²) in [6.07, 6.45) is 1.63. The number of hydrogen-bond acceptors (Lipinski definition) is 3. The quantitative estimate of drug-likeness (QED) is 0.513. The van der Waals surface area contributed by atoms with Crippen LogP contribution in [-0.4, -0.2) is 12.1 Å². The average Bonchev–Trinajstić information content (AvgIpc) is 2.85. The van der Waals surface area contributed by atoms with Crippen LogP contribution in [0.3, 0.4) is 0 Å². The Morgan fingerprint density at radius 3 is 2.71 bits per heavy atom. The predicted octanol–water partition coefficient (Wildman–Crippen LogP) is 3.12. The third-order valence-electron chi connectivity index (χ3n) is 1.99. The van der Waals surface area contributed by atoms with Gasteiger partial charge in [-0.25, -0.2) is 5.43 Å². The molecular weight excluding hydrogens is 347 g/mol. The summed E-state index contributed by atoms with van der Waals surface area (Å²) in [5.41, 5.74) is 3.44. The maximum atomic E-state index is 11.5. The summed E-state index contributed by atoms with van der Waals surface area (Å²) in [6, 6.07) is 11.5. The molecule has 1 aromatic heterocycles. The normalized spacial score (nSPS) is 10.6. The van der Waals surface area contributed by atoms with Gasteiger partial charge in [-0.05, 0) is 51.7 Å². The molecule has 0 saturated carbocycles. The lowest BCUT2D eigenvalue weighted by molar-refractivity contribution is 0.0959. The van der Waals surface area contributed by atoms with E-state index in [1.54, 1.807) is 12.3 Å². The number of hydrazone groups is 1. The van der Waals surface area contributed by atoms with E-state index in [0.29, 0.717) is 4.88 Å². The van der Waals surface area contributed by atoms with Crippen molar-refractivity contribution in [3.05, 3.63) is 55.8 Å². The molecule has 3 nitrogen and oxygen atoms in total. The predicted molar refractivity (Wildman–Crippen MR) is 78.5 cm³/mol. The maximum Gasteiger partial charge on any atom is 0.281 e. The van der Waals surface area contributed by atoms with E-state index >= 15 is 0 Å². The molecule has 2 rings (SSSR count). The van der Waals surface area contributed by atoms with Crippen LogP contribution < -0.4 is 5.43 Å². The van der Waals surface area contributed by atoms with Gasteiger partial charge in [0.25, 0.3) is 5.91 Å². The van der Waals surface area contributed by atoms with Crippen LogP contribution in [0.2, 0.25) is 0 Å². The number of benzene rings is 1. The lowest BCUT2D eigenvalue weighted by atomic mass is 10.2. The Morgan fingerprint density at radius 2 is 2.06 bits per heavy atom. The Hall–Kier alpha value is -1.21. The van der Waals surface area contributed by atoms with E-state index in [4.69, 9.17) is 0 Å². The van der Waals surface area contributed by atoms with Gasteiger partial charge in [0.05, 0.1) is 11.1 Å². The van der Waals surface area contributed by atoms with Crippen LogP contribution in [0.1, 0.15) is 15.2 Å². The summed E-state index contributed by atoms with van der Waals surface area (Å²) in [6.45, 7) is 0. The molecule has 5 heteroatoms. The molecule has 0 radical (unpaired) electrons. The van der Waals surface area contributed by atoms with Gasteiger partial charge in [-0.15, -0.1) is 11.3 Å². The van der Waals surface area contributed by atoms with Crippen LogP contribution in [-0.2, 0) is 0 Å². The molecule has 0 atom stereocenters. The van der Waals surface area contributed by atoms with Gasteiger partial charge < -0.3 is 0 Å². The molecule has 2 aromatic rings. The molecule has 1 amide bonds. The Labute approximate surface area is 117 Å². The zero-order valence-electron chi connectivity index (χ0n) is 8.76. The number of rotatable bonds is 3. The summed E-state index contributed by atoms with van der Waals surface area (Å²) in [5.74, 6) is -0.179. The highest BCUT2D eigenvalue weighted by molar-refractivity contribution is 14.1. The Kier molecular flexibility index (Phi) is 4.27. The highest BCUT2D eigenvalue weighted by atomic mass is 127. The number of thiophene rings is 1. The number of amides is 1. The van der Waals surface area contributed by atoms with Crippen LogP contribution in [0.4, 0.5) is 0 Å². The summed E-state index contributed by atoms with van der Waals surface area (Å²) in [5, 5.41) is 5.77. The molecule has 1 heterocycles. The van der Waals surface area contributed by atoms with E-state index < -0.39 is 0 Å². The van der Waals surface area contributed by atoms with Gasteiger partial charge in [0, 0.05) is 3.57 Å². The number of nitrogens with zero attached hydrogens (tertiary/aromatic N) is 1. The monoisotopic (exact) mass is 356 g/mol. The van der Waals surface area contributed by atoms with Crippen molar-refractivity contribution in [3.8, 4) is 0 Å². The van der Waals surface area contributed by atoms with Crippen molar-refractivity contribution in [2.75, 3.05) is 0 Å². The van der Waals surface area contributed by atoms with Gasteiger partial charge in [0.1, 0.15) is 0 Å². The first kappa shape index (κ1) is 12.3. The van der Waals surface area contributed by atoms with E-state index in [-0.39, 0.29) is 5.91 Å². The van der Waals surface area contributed by atoms with Crippen molar-refractivity contribution >= 4 is 46.0 Å². The van der Waals surface area contributed by atoms with Crippen LogP contribution in [0, 0.1) is 3.57 Å². The van der Waals surface area contributed by atoms with E-state index in [2.05, 4.69) is 33.1 Å². The number of carbonyl (C=O) groups is 1. The first-order valence-corrected chi connectivity index (χ1v) is 6.84. The highest BCUT2D eigenvalue weighted by Crippen LogP contribution is 2.07. The van der Waals surface area contributed by atoms with Crippen molar-refractivity contribution in [1.29, 1.82) is 0 Å². The number of nitrogens with one attached hydrogen (secondary N) is 1. The minimum Gasteiger partial charge on any atom is -0.266 e. The van der Waals surface area contributed by atoms with E-state index in [1.165, 1.54) is 14.9 Å². The molecule has 1 N–H and O–H groups in total. The molecule has 0 saturated heterocycles. The standard InChI is InChI=1S/C12H9IN2OS/c13-10-5-3-9(4-6-10)8-14-15-12(16)11-2-1-7-17-11/h1-8H,(H,15,16)/b14-8-. The lowest BCUT2D eigenvalue weighted by Gasteiger charge is -1.96. The minimum absolute atomic E-state index is 0.179. The smallest absolute Gasteiger partial charge is 0.266 e. The molecule has 0 unspecified atom stereocenters. The molecule has 86 valence electrons. The van der Waals surface area contributed by atoms with Gasteiger partial charge in [-0.3, -0.25) is 4.79 Å². The van der Waals surface area contributed by atoms with E-state index in [1.807, 2.05) is 35.7 Å².